The fourth-order valence-electron chi connectivity index (χ4n) is 1.92. The van der Waals surface area contributed by atoms with Crippen LogP contribution in [0.4, 0.5) is 0 Å². The Labute approximate surface area is 118 Å². The van der Waals surface area contributed by atoms with Crippen molar-refractivity contribution in [3.05, 3.63) is 29.8 Å². The largest absolute Gasteiger partial charge is 0.494 e. The topological polar surface area (TPSA) is 24.5 Å². The van der Waals surface area contributed by atoms with Crippen LogP contribution in [0.25, 0.3) is 0 Å². The van der Waals surface area contributed by atoms with Crippen LogP contribution in [-0.2, 0) is 6.54 Å². The summed E-state index contributed by atoms with van der Waals surface area (Å²) in [7, 11) is 2.15. The van der Waals surface area contributed by atoms with E-state index in [1.54, 1.807) is 0 Å². The molecule has 0 saturated carbocycles. The van der Waals surface area contributed by atoms with Gasteiger partial charge in [-0.1, -0.05) is 18.2 Å². The van der Waals surface area contributed by atoms with Gasteiger partial charge in [0.25, 0.3) is 0 Å². The molecule has 0 aliphatic carbocycles. The van der Waals surface area contributed by atoms with E-state index in [0.29, 0.717) is 6.61 Å². The Morgan fingerprint density at radius 3 is 2.53 bits per heavy atom. The van der Waals surface area contributed by atoms with Crippen LogP contribution >= 0.6 is 0 Å². The molecule has 0 bridgehead atoms. The second kappa shape index (κ2) is 7.51. The highest BCUT2D eigenvalue weighted by molar-refractivity contribution is 5.33. The van der Waals surface area contributed by atoms with Gasteiger partial charge >= 0.3 is 0 Å². The number of para-hydroxylation sites is 1. The summed E-state index contributed by atoms with van der Waals surface area (Å²) >= 11 is 0. The fraction of sp³-hybridized carbons (Fsp3) is 0.625. The summed E-state index contributed by atoms with van der Waals surface area (Å²) in [4.78, 5) is 2.32. The second-order valence-electron chi connectivity index (χ2n) is 5.96. The summed E-state index contributed by atoms with van der Waals surface area (Å²) in [5, 5.41) is 3.51. The maximum Gasteiger partial charge on any atom is 0.123 e. The Morgan fingerprint density at radius 1 is 1.21 bits per heavy atom. The van der Waals surface area contributed by atoms with E-state index in [0.717, 1.165) is 25.4 Å². The molecule has 0 saturated heterocycles. The van der Waals surface area contributed by atoms with Crippen molar-refractivity contribution in [1.29, 1.82) is 0 Å². The quantitative estimate of drug-likeness (QED) is 0.819. The normalized spacial score (nSPS) is 11.9. The maximum absolute atomic E-state index is 5.65. The molecule has 0 aliphatic rings. The van der Waals surface area contributed by atoms with Gasteiger partial charge in [-0.25, -0.2) is 0 Å². The third-order valence-corrected chi connectivity index (χ3v) is 2.86. The van der Waals surface area contributed by atoms with Crippen LogP contribution in [0.5, 0.6) is 5.75 Å². The first-order valence-corrected chi connectivity index (χ1v) is 7.06. The van der Waals surface area contributed by atoms with Gasteiger partial charge in [-0.3, -0.25) is 0 Å². The second-order valence-corrected chi connectivity index (χ2v) is 5.96. The monoisotopic (exact) mass is 264 g/mol. The molecule has 0 amide bonds. The number of nitrogens with one attached hydrogen (secondary N) is 1. The van der Waals surface area contributed by atoms with Crippen LogP contribution in [0.15, 0.2) is 24.3 Å². The molecular weight excluding hydrogens is 236 g/mol. The van der Waals surface area contributed by atoms with E-state index in [1.807, 2.05) is 19.1 Å². The molecule has 3 heteroatoms. The van der Waals surface area contributed by atoms with Gasteiger partial charge < -0.3 is 15.0 Å². The van der Waals surface area contributed by atoms with Crippen molar-refractivity contribution in [3.8, 4) is 5.75 Å². The number of ether oxygens (including phenoxy) is 1. The van der Waals surface area contributed by atoms with Crippen molar-refractivity contribution >= 4 is 0 Å². The smallest absolute Gasteiger partial charge is 0.123 e. The molecule has 0 aliphatic heterocycles. The molecule has 1 rings (SSSR count). The molecule has 1 N–H and O–H groups in total. The van der Waals surface area contributed by atoms with Gasteiger partial charge in [-0.15, -0.1) is 0 Å². The summed E-state index contributed by atoms with van der Waals surface area (Å²) < 4.78 is 5.65. The van der Waals surface area contributed by atoms with Gasteiger partial charge in [-0.05, 0) is 40.8 Å². The Morgan fingerprint density at radius 2 is 1.89 bits per heavy atom. The molecule has 108 valence electrons. The highest BCUT2D eigenvalue weighted by atomic mass is 16.5. The molecule has 19 heavy (non-hydrogen) atoms. The van der Waals surface area contributed by atoms with Gasteiger partial charge in [0.2, 0.25) is 0 Å². The van der Waals surface area contributed by atoms with Crippen molar-refractivity contribution in [2.45, 2.75) is 39.8 Å². The number of hydrogen-bond acceptors (Lipinski definition) is 3. The van der Waals surface area contributed by atoms with Gasteiger partial charge in [0.05, 0.1) is 6.61 Å². The first-order valence-electron chi connectivity index (χ1n) is 7.06. The standard InChI is InChI=1S/C16H28N2O/c1-6-19-15-10-8-7-9-14(15)13-18(5)12-11-17-16(2,3)4/h7-10,17H,6,11-13H2,1-5H3. The lowest BCUT2D eigenvalue weighted by Crippen LogP contribution is -2.40. The van der Waals surface area contributed by atoms with E-state index < -0.39 is 0 Å². The average Bonchev–Trinajstić information content (AvgIpc) is 2.30. The van der Waals surface area contributed by atoms with Crippen molar-refractivity contribution in [3.63, 3.8) is 0 Å². The highest BCUT2D eigenvalue weighted by Gasteiger charge is 2.10. The van der Waals surface area contributed by atoms with Crippen molar-refractivity contribution < 1.29 is 4.74 Å². The third-order valence-electron chi connectivity index (χ3n) is 2.86. The Kier molecular flexibility index (Phi) is 6.32. The number of likely N-dealkylation sites (N-methyl/N-ethyl adjacent to an activating group) is 1. The molecular formula is C16H28N2O. The van der Waals surface area contributed by atoms with Gasteiger partial charge in [-0.2, -0.15) is 0 Å². The molecule has 0 spiro atoms. The Hall–Kier alpha value is -1.06. The van der Waals surface area contributed by atoms with Crippen LogP contribution in [0.3, 0.4) is 0 Å². The average molecular weight is 264 g/mol. The molecule has 1 aromatic carbocycles. The minimum atomic E-state index is 0.185. The molecule has 0 heterocycles. The first-order chi connectivity index (χ1) is 8.92. The molecule has 1 aromatic rings. The van der Waals surface area contributed by atoms with Crippen LogP contribution in [-0.4, -0.2) is 37.2 Å². The summed E-state index contributed by atoms with van der Waals surface area (Å²) in [6.07, 6.45) is 0. The molecule has 3 nitrogen and oxygen atoms in total. The van der Waals surface area contributed by atoms with E-state index in [2.05, 4.69) is 50.2 Å². The minimum absolute atomic E-state index is 0.185. The van der Waals surface area contributed by atoms with E-state index in [9.17, 15) is 0 Å². The number of nitrogens with zero attached hydrogens (tertiary/aromatic N) is 1. The predicted molar refractivity (Wildman–Crippen MR) is 81.7 cm³/mol. The van der Waals surface area contributed by atoms with Gasteiger partial charge in [0.15, 0.2) is 0 Å². The lowest BCUT2D eigenvalue weighted by molar-refractivity contribution is 0.290. The lowest BCUT2D eigenvalue weighted by Gasteiger charge is -2.24. The summed E-state index contributed by atoms with van der Waals surface area (Å²) in [5.41, 5.74) is 1.44. The summed E-state index contributed by atoms with van der Waals surface area (Å²) in [5.74, 6) is 1.00. The highest BCUT2D eigenvalue weighted by Crippen LogP contribution is 2.19. The van der Waals surface area contributed by atoms with Crippen LogP contribution in [0.2, 0.25) is 0 Å². The zero-order valence-electron chi connectivity index (χ0n) is 13.0. The fourth-order valence-corrected chi connectivity index (χ4v) is 1.92. The van der Waals surface area contributed by atoms with Crippen molar-refractivity contribution in [2.24, 2.45) is 0 Å². The lowest BCUT2D eigenvalue weighted by atomic mass is 10.1. The first kappa shape index (κ1) is 16.0. The summed E-state index contributed by atoms with van der Waals surface area (Å²) in [6.45, 7) is 12.3. The molecule has 0 aromatic heterocycles. The SMILES string of the molecule is CCOc1ccccc1CN(C)CCNC(C)(C)C. The van der Waals surface area contributed by atoms with E-state index in [1.165, 1.54) is 5.56 Å². The van der Waals surface area contributed by atoms with Gasteiger partial charge in [0.1, 0.15) is 5.75 Å². The number of rotatable bonds is 7. The zero-order chi connectivity index (χ0) is 14.3. The summed E-state index contributed by atoms with van der Waals surface area (Å²) in [6, 6.07) is 8.27. The van der Waals surface area contributed by atoms with Crippen molar-refractivity contribution in [2.75, 3.05) is 26.7 Å². The van der Waals surface area contributed by atoms with E-state index in [-0.39, 0.29) is 5.54 Å². The zero-order valence-corrected chi connectivity index (χ0v) is 13.0. The van der Waals surface area contributed by atoms with E-state index in [4.69, 9.17) is 4.74 Å². The number of benzene rings is 1. The van der Waals surface area contributed by atoms with Crippen molar-refractivity contribution in [1.82, 2.24) is 10.2 Å². The van der Waals surface area contributed by atoms with Crippen LogP contribution in [0, 0.1) is 0 Å². The van der Waals surface area contributed by atoms with Gasteiger partial charge in [0, 0.05) is 30.7 Å². The van der Waals surface area contributed by atoms with Crippen LogP contribution < -0.4 is 10.1 Å². The predicted octanol–water partition coefficient (Wildman–Crippen LogP) is 2.91. The molecule has 0 unspecified atom stereocenters. The molecule has 0 fully saturated rings. The van der Waals surface area contributed by atoms with E-state index >= 15 is 0 Å². The minimum Gasteiger partial charge on any atom is -0.494 e. The molecule has 0 radical (unpaired) electrons. The van der Waals surface area contributed by atoms with Crippen LogP contribution in [0.1, 0.15) is 33.3 Å². The molecule has 0 atom stereocenters. The Bertz CT molecular complexity index is 371. The maximum atomic E-state index is 5.65. The Balaban J connectivity index is 2.45. The number of hydrogen-bond donors (Lipinski definition) is 1. The third kappa shape index (κ3) is 6.60.